The molecule has 5 heterocycles. The summed E-state index contributed by atoms with van der Waals surface area (Å²) in [6.45, 7) is 11.9. The van der Waals surface area contributed by atoms with Crippen molar-refractivity contribution in [1.29, 1.82) is 0 Å². The highest BCUT2D eigenvalue weighted by atomic mass is 19.1. The molecule has 0 aromatic carbocycles. The normalized spacial score (nSPS) is 31.1. The molecule has 2 bridgehead atoms. The van der Waals surface area contributed by atoms with Crippen molar-refractivity contribution >= 4 is 11.9 Å². The summed E-state index contributed by atoms with van der Waals surface area (Å²) in [7, 11) is 0. The number of ether oxygens (including phenoxy) is 1. The smallest absolute Gasteiger partial charge is 0.408 e. The molecule has 36 heavy (non-hydrogen) atoms. The fraction of sp³-hybridized carbons (Fsp3) is 0.808. The number of piperazine rings is 1. The standard InChI is InChI=1S/C26H39FN6O3/c1-24(2,3)26-6-4-18(33(26)23(34)35)13-32(15-26)21-19-10-28-11-20(19)29-22(30-21)36-16-25(7-8-25)14-31-9-5-17(27)12-31/h17-18,28H,4-16H2,1-3H3,(H,34,35). The van der Waals surface area contributed by atoms with Crippen molar-refractivity contribution in [2.45, 2.75) is 83.7 Å². The maximum Gasteiger partial charge on any atom is 0.408 e. The summed E-state index contributed by atoms with van der Waals surface area (Å²) in [5, 5.41) is 13.5. The molecule has 2 N–H and O–H groups in total. The highest BCUT2D eigenvalue weighted by molar-refractivity contribution is 5.69. The van der Waals surface area contributed by atoms with Crippen molar-refractivity contribution in [1.82, 2.24) is 25.1 Å². The number of nitrogens with one attached hydrogen (secondary N) is 1. The minimum Gasteiger partial charge on any atom is -0.465 e. The van der Waals surface area contributed by atoms with Crippen LogP contribution in [0.5, 0.6) is 6.01 Å². The SMILES string of the molecule is CC(C)(C)C12CCC(CN(c3nc(OCC4(CN5CCC(F)C5)CC4)nc4c3CNC4)C1)N2C(=O)O. The predicted molar refractivity (Wildman–Crippen MR) is 133 cm³/mol. The van der Waals surface area contributed by atoms with E-state index in [4.69, 9.17) is 14.7 Å². The molecule has 10 heteroatoms. The Kier molecular flexibility index (Phi) is 5.64. The number of anilines is 1. The Labute approximate surface area is 212 Å². The fourth-order valence-electron chi connectivity index (χ4n) is 7.04. The molecule has 5 aliphatic rings. The second kappa shape index (κ2) is 8.41. The van der Waals surface area contributed by atoms with Crippen molar-refractivity contribution in [3.8, 4) is 6.01 Å². The number of rotatable bonds is 6. The number of hydrogen-bond donors (Lipinski definition) is 2. The van der Waals surface area contributed by atoms with Crippen LogP contribution < -0.4 is 15.0 Å². The Balaban J connectivity index is 1.24. The van der Waals surface area contributed by atoms with Gasteiger partial charge in [0.05, 0.1) is 23.9 Å². The Morgan fingerprint density at radius 1 is 1.19 bits per heavy atom. The van der Waals surface area contributed by atoms with Gasteiger partial charge in [0.15, 0.2) is 0 Å². The zero-order valence-corrected chi connectivity index (χ0v) is 21.7. The van der Waals surface area contributed by atoms with Gasteiger partial charge < -0.3 is 20.1 Å². The first-order chi connectivity index (χ1) is 17.1. The second-order valence-corrected chi connectivity index (χ2v) is 12.8. The number of carboxylic acid groups (broad SMARTS) is 1. The first kappa shape index (κ1) is 24.2. The predicted octanol–water partition coefficient (Wildman–Crippen LogP) is 3.03. The Bertz CT molecular complexity index is 1040. The van der Waals surface area contributed by atoms with Gasteiger partial charge in [-0.2, -0.15) is 9.97 Å². The molecule has 1 saturated carbocycles. The Morgan fingerprint density at radius 2 is 2.00 bits per heavy atom. The number of nitrogens with zero attached hydrogens (tertiary/aromatic N) is 5. The summed E-state index contributed by atoms with van der Waals surface area (Å²) in [5.74, 6) is 0.884. The number of aromatic nitrogens is 2. The van der Waals surface area contributed by atoms with E-state index in [1.165, 1.54) is 0 Å². The van der Waals surface area contributed by atoms with E-state index in [1.54, 1.807) is 4.90 Å². The molecule has 1 aromatic heterocycles. The third-order valence-corrected chi connectivity index (χ3v) is 9.39. The molecule has 3 saturated heterocycles. The van der Waals surface area contributed by atoms with Gasteiger partial charge in [0.2, 0.25) is 0 Å². The maximum atomic E-state index is 13.7. The van der Waals surface area contributed by atoms with Gasteiger partial charge in [-0.3, -0.25) is 9.80 Å². The molecule has 198 valence electrons. The molecule has 9 nitrogen and oxygen atoms in total. The van der Waals surface area contributed by atoms with Crippen LogP contribution in [0.25, 0.3) is 0 Å². The van der Waals surface area contributed by atoms with Gasteiger partial charge in [-0.1, -0.05) is 20.8 Å². The highest BCUT2D eigenvalue weighted by Gasteiger charge is 2.59. The Morgan fingerprint density at radius 3 is 2.67 bits per heavy atom. The van der Waals surface area contributed by atoms with Crippen molar-refractivity contribution in [2.75, 3.05) is 44.2 Å². The third kappa shape index (κ3) is 4.00. The first-order valence-electron chi connectivity index (χ1n) is 13.5. The number of carbonyl (C=O) groups is 1. The van der Waals surface area contributed by atoms with Crippen molar-refractivity contribution < 1.29 is 19.0 Å². The molecule has 3 unspecified atom stereocenters. The van der Waals surface area contributed by atoms with Crippen molar-refractivity contribution in [3.63, 3.8) is 0 Å². The lowest BCUT2D eigenvalue weighted by molar-refractivity contribution is 0.00517. The molecule has 0 spiro atoms. The molecule has 6 rings (SSSR count). The van der Waals surface area contributed by atoms with Gasteiger partial charge in [0.1, 0.15) is 12.0 Å². The van der Waals surface area contributed by atoms with Crippen LogP contribution in [0.2, 0.25) is 0 Å². The van der Waals surface area contributed by atoms with E-state index < -0.39 is 17.8 Å². The van der Waals surface area contributed by atoms with Crippen LogP contribution >= 0.6 is 0 Å². The summed E-state index contributed by atoms with van der Waals surface area (Å²) in [5.41, 5.74) is 1.47. The summed E-state index contributed by atoms with van der Waals surface area (Å²) in [4.78, 5) is 28.2. The topological polar surface area (TPSA) is 94.1 Å². The van der Waals surface area contributed by atoms with Gasteiger partial charge in [-0.05, 0) is 37.5 Å². The van der Waals surface area contributed by atoms with E-state index in [0.29, 0.717) is 51.8 Å². The molecule has 4 fully saturated rings. The average molecular weight is 503 g/mol. The van der Waals surface area contributed by atoms with Crippen LogP contribution in [0.1, 0.15) is 64.1 Å². The van der Waals surface area contributed by atoms with E-state index in [0.717, 1.165) is 55.8 Å². The van der Waals surface area contributed by atoms with E-state index in [1.807, 2.05) is 0 Å². The summed E-state index contributed by atoms with van der Waals surface area (Å²) < 4.78 is 19.9. The summed E-state index contributed by atoms with van der Waals surface area (Å²) in [6, 6.07) is 0.357. The lowest BCUT2D eigenvalue weighted by Crippen LogP contribution is -2.68. The number of hydrogen-bond acceptors (Lipinski definition) is 7. The van der Waals surface area contributed by atoms with Gasteiger partial charge >= 0.3 is 12.1 Å². The minimum atomic E-state index is -0.822. The maximum absolute atomic E-state index is 13.7. The monoisotopic (exact) mass is 502 g/mol. The van der Waals surface area contributed by atoms with Gasteiger partial charge in [0, 0.05) is 56.8 Å². The fourth-order valence-corrected chi connectivity index (χ4v) is 7.04. The highest BCUT2D eigenvalue weighted by Crippen LogP contribution is 2.51. The van der Waals surface area contributed by atoms with Crippen LogP contribution in [0.15, 0.2) is 0 Å². The van der Waals surface area contributed by atoms with E-state index in [-0.39, 0.29) is 16.9 Å². The van der Waals surface area contributed by atoms with Gasteiger partial charge in [0.25, 0.3) is 0 Å². The number of amides is 1. The second-order valence-electron chi connectivity index (χ2n) is 12.8. The number of likely N-dealkylation sites (tertiary alicyclic amines) is 1. The molecule has 0 radical (unpaired) electrons. The largest absolute Gasteiger partial charge is 0.465 e. The molecular weight excluding hydrogens is 463 g/mol. The molecule has 4 aliphatic heterocycles. The van der Waals surface area contributed by atoms with Crippen LogP contribution in [0, 0.1) is 10.8 Å². The minimum absolute atomic E-state index is 0.0469. The quantitative estimate of drug-likeness (QED) is 0.613. The third-order valence-electron chi connectivity index (χ3n) is 9.39. The van der Waals surface area contributed by atoms with Crippen LogP contribution in [-0.4, -0.2) is 88.1 Å². The van der Waals surface area contributed by atoms with E-state index >= 15 is 0 Å². The zero-order chi connectivity index (χ0) is 25.3. The number of fused-ring (bicyclic) bond motifs is 3. The zero-order valence-electron chi connectivity index (χ0n) is 21.7. The van der Waals surface area contributed by atoms with Crippen LogP contribution in [0.4, 0.5) is 15.0 Å². The lowest BCUT2D eigenvalue weighted by Gasteiger charge is -2.54. The molecular formula is C26H39FN6O3. The van der Waals surface area contributed by atoms with Gasteiger partial charge in [-0.15, -0.1) is 0 Å². The molecule has 1 amide bonds. The number of alkyl halides is 1. The molecule has 1 aliphatic carbocycles. The van der Waals surface area contributed by atoms with Crippen molar-refractivity contribution in [3.05, 3.63) is 11.3 Å². The van der Waals surface area contributed by atoms with Crippen LogP contribution in [-0.2, 0) is 13.1 Å². The van der Waals surface area contributed by atoms with Crippen molar-refractivity contribution in [2.24, 2.45) is 10.8 Å². The number of halogens is 1. The molecule has 3 atom stereocenters. The Hall–Kier alpha value is -2.20. The molecule has 1 aromatic rings. The van der Waals surface area contributed by atoms with Gasteiger partial charge in [-0.25, -0.2) is 9.18 Å². The van der Waals surface area contributed by atoms with Crippen LogP contribution in [0.3, 0.4) is 0 Å². The van der Waals surface area contributed by atoms with E-state index in [9.17, 15) is 14.3 Å². The average Bonchev–Trinajstić information content (AvgIpc) is 3.10. The van der Waals surface area contributed by atoms with E-state index in [2.05, 4.69) is 35.9 Å². The summed E-state index contributed by atoms with van der Waals surface area (Å²) >= 11 is 0. The lowest BCUT2D eigenvalue weighted by atomic mass is 9.71. The summed E-state index contributed by atoms with van der Waals surface area (Å²) in [6.07, 6.45) is 3.01. The first-order valence-corrected chi connectivity index (χ1v) is 13.5.